The maximum absolute atomic E-state index is 13.3. The summed E-state index contributed by atoms with van der Waals surface area (Å²) < 4.78 is 45.2. The van der Waals surface area contributed by atoms with E-state index in [1.54, 1.807) is 51.1 Å². The summed E-state index contributed by atoms with van der Waals surface area (Å²) in [6.45, 7) is 7.21. The molecule has 2 aromatic heterocycles. The van der Waals surface area contributed by atoms with E-state index in [2.05, 4.69) is 30.9 Å². The highest BCUT2D eigenvalue weighted by molar-refractivity contribution is 7.99. The van der Waals surface area contributed by atoms with Crippen molar-refractivity contribution in [2.75, 3.05) is 10.6 Å². The van der Waals surface area contributed by atoms with Gasteiger partial charge in [-0.05, 0) is 87.9 Å². The Balaban J connectivity index is 1.44. The Hall–Kier alpha value is -5.17. The number of anilines is 3. The van der Waals surface area contributed by atoms with Gasteiger partial charge in [-0.15, -0.1) is 0 Å². The molecule has 3 N–H and O–H groups in total. The van der Waals surface area contributed by atoms with Crippen LogP contribution in [0.2, 0.25) is 0 Å². The number of nitrogens with zero attached hydrogens (tertiary/aromatic N) is 3. The molecule has 0 spiro atoms. The summed E-state index contributed by atoms with van der Waals surface area (Å²) in [5.41, 5.74) is 0.469. The SMILES string of the molecule is C[C@H](NC(=O)c1ccc(Sc2ccc(NC(=O)OC(C)(C)C)cc2)c(Nc2ncnc3nc(C(F)(F)F)ccc23)c1)c1ccccc1. The summed E-state index contributed by atoms with van der Waals surface area (Å²) in [5, 5.41) is 9.14. The van der Waals surface area contributed by atoms with Crippen LogP contribution in [0.25, 0.3) is 11.0 Å². The third-order valence-electron chi connectivity index (χ3n) is 6.66. The Morgan fingerprint density at radius 2 is 1.62 bits per heavy atom. The minimum Gasteiger partial charge on any atom is -0.444 e. The molecule has 1 atom stereocenters. The Labute approximate surface area is 273 Å². The minimum atomic E-state index is -4.63. The third-order valence-corrected chi connectivity index (χ3v) is 7.74. The van der Waals surface area contributed by atoms with E-state index in [1.807, 2.05) is 49.4 Å². The van der Waals surface area contributed by atoms with Crippen LogP contribution in [0, 0.1) is 0 Å². The van der Waals surface area contributed by atoms with Gasteiger partial charge in [0.2, 0.25) is 0 Å². The van der Waals surface area contributed by atoms with Crippen LogP contribution in [0.15, 0.2) is 101 Å². The van der Waals surface area contributed by atoms with Gasteiger partial charge in [-0.25, -0.2) is 19.7 Å². The number of nitrogens with one attached hydrogen (secondary N) is 3. The van der Waals surface area contributed by atoms with Gasteiger partial charge in [0.25, 0.3) is 5.91 Å². The highest BCUT2D eigenvalue weighted by Gasteiger charge is 2.33. The van der Waals surface area contributed by atoms with Crippen LogP contribution in [0.1, 0.15) is 55.4 Å². The van der Waals surface area contributed by atoms with E-state index in [0.29, 0.717) is 21.8 Å². The zero-order valence-corrected chi connectivity index (χ0v) is 26.7. The summed E-state index contributed by atoms with van der Waals surface area (Å²) in [5.74, 6) is -0.104. The van der Waals surface area contributed by atoms with Gasteiger partial charge >= 0.3 is 12.3 Å². The summed E-state index contributed by atoms with van der Waals surface area (Å²) in [7, 11) is 0. The molecule has 242 valence electrons. The number of carbonyl (C=O) groups is 2. The van der Waals surface area contributed by atoms with Crippen molar-refractivity contribution >= 4 is 52.0 Å². The van der Waals surface area contributed by atoms with Gasteiger partial charge in [0.1, 0.15) is 23.4 Å². The lowest BCUT2D eigenvalue weighted by molar-refractivity contribution is -0.141. The maximum Gasteiger partial charge on any atom is 0.433 e. The highest BCUT2D eigenvalue weighted by Crippen LogP contribution is 2.37. The number of fused-ring (bicyclic) bond motifs is 1. The number of rotatable bonds is 8. The van der Waals surface area contributed by atoms with Gasteiger partial charge in [-0.3, -0.25) is 10.1 Å². The van der Waals surface area contributed by atoms with Gasteiger partial charge in [-0.1, -0.05) is 42.1 Å². The Morgan fingerprint density at radius 1 is 0.894 bits per heavy atom. The molecule has 47 heavy (non-hydrogen) atoms. The Morgan fingerprint density at radius 3 is 2.30 bits per heavy atom. The van der Waals surface area contributed by atoms with Crippen molar-refractivity contribution in [3.8, 4) is 0 Å². The zero-order valence-electron chi connectivity index (χ0n) is 25.8. The monoisotopic (exact) mass is 660 g/mol. The van der Waals surface area contributed by atoms with Crippen LogP contribution >= 0.6 is 11.8 Å². The molecule has 0 bridgehead atoms. The first-order valence-electron chi connectivity index (χ1n) is 14.5. The number of amides is 2. The lowest BCUT2D eigenvalue weighted by Crippen LogP contribution is -2.27. The van der Waals surface area contributed by atoms with Crippen molar-refractivity contribution in [2.24, 2.45) is 0 Å². The average molecular weight is 661 g/mol. The fraction of sp³-hybridized carbons (Fsp3) is 0.206. The average Bonchev–Trinajstić information content (AvgIpc) is 3.01. The molecule has 5 rings (SSSR count). The fourth-order valence-corrected chi connectivity index (χ4v) is 5.33. The number of benzene rings is 3. The molecule has 0 fully saturated rings. The second kappa shape index (κ2) is 13.7. The molecule has 2 heterocycles. The molecule has 0 aliphatic heterocycles. The fourth-order valence-electron chi connectivity index (χ4n) is 4.45. The molecule has 0 saturated heterocycles. The first-order chi connectivity index (χ1) is 22.2. The summed E-state index contributed by atoms with van der Waals surface area (Å²) in [4.78, 5) is 38.9. The summed E-state index contributed by atoms with van der Waals surface area (Å²) >= 11 is 1.37. The van der Waals surface area contributed by atoms with Crippen molar-refractivity contribution in [1.29, 1.82) is 0 Å². The number of hydrogen-bond donors (Lipinski definition) is 3. The molecule has 0 radical (unpaired) electrons. The molecule has 0 aliphatic rings. The third kappa shape index (κ3) is 8.76. The van der Waals surface area contributed by atoms with Crippen LogP contribution in [0.5, 0.6) is 0 Å². The lowest BCUT2D eigenvalue weighted by atomic mass is 10.1. The second-order valence-corrected chi connectivity index (χ2v) is 12.6. The molecular formula is C34H31F3N6O3S. The van der Waals surface area contributed by atoms with Crippen LogP contribution in [-0.4, -0.2) is 32.6 Å². The molecule has 0 unspecified atom stereocenters. The molecule has 5 aromatic rings. The maximum atomic E-state index is 13.3. The Kier molecular flexibility index (Phi) is 9.66. The number of aromatic nitrogens is 3. The van der Waals surface area contributed by atoms with Crippen molar-refractivity contribution in [1.82, 2.24) is 20.3 Å². The van der Waals surface area contributed by atoms with Gasteiger partial charge in [-0.2, -0.15) is 13.2 Å². The van der Waals surface area contributed by atoms with Crippen LogP contribution in [0.3, 0.4) is 0 Å². The van der Waals surface area contributed by atoms with Crippen molar-refractivity contribution in [2.45, 2.75) is 55.3 Å². The standard InChI is InChI=1S/C34H31F3N6O3S/c1-20(21-8-6-5-7-9-21)40-31(44)22-10-16-27(47-24-13-11-23(12-14-24)41-32(45)46-33(2,3)4)26(18-22)42-29-25-15-17-28(34(35,36)37)43-30(25)39-19-38-29/h5-20H,1-4H3,(H,40,44)(H,41,45)(H,38,39,42,43)/t20-/m0/s1. The van der Waals surface area contributed by atoms with E-state index in [0.717, 1.165) is 22.9 Å². The van der Waals surface area contributed by atoms with Crippen molar-refractivity contribution in [3.63, 3.8) is 0 Å². The predicted octanol–water partition coefficient (Wildman–Crippen LogP) is 8.78. The largest absolute Gasteiger partial charge is 0.444 e. The van der Waals surface area contributed by atoms with E-state index >= 15 is 0 Å². The van der Waals surface area contributed by atoms with E-state index in [1.165, 1.54) is 17.8 Å². The first kappa shape index (κ1) is 33.2. The summed E-state index contributed by atoms with van der Waals surface area (Å²) in [6.07, 6.45) is -4.08. The molecule has 0 saturated carbocycles. The lowest BCUT2D eigenvalue weighted by Gasteiger charge is -2.19. The van der Waals surface area contributed by atoms with Crippen LogP contribution in [-0.2, 0) is 10.9 Å². The number of ether oxygens (including phenoxy) is 1. The normalized spacial score (nSPS) is 12.3. The quantitative estimate of drug-likeness (QED) is 0.151. The van der Waals surface area contributed by atoms with E-state index < -0.39 is 23.6 Å². The number of pyridine rings is 1. The van der Waals surface area contributed by atoms with E-state index in [9.17, 15) is 22.8 Å². The highest BCUT2D eigenvalue weighted by atomic mass is 32.2. The van der Waals surface area contributed by atoms with Gasteiger partial charge in [0.15, 0.2) is 5.65 Å². The van der Waals surface area contributed by atoms with Gasteiger partial charge in [0, 0.05) is 21.0 Å². The number of halogens is 3. The van der Waals surface area contributed by atoms with Gasteiger partial charge in [0.05, 0.1) is 17.1 Å². The number of hydrogen-bond acceptors (Lipinski definition) is 8. The van der Waals surface area contributed by atoms with Crippen molar-refractivity contribution in [3.05, 3.63) is 108 Å². The van der Waals surface area contributed by atoms with Crippen molar-refractivity contribution < 1.29 is 27.5 Å². The minimum absolute atomic E-state index is 0.134. The second-order valence-electron chi connectivity index (χ2n) is 11.5. The topological polar surface area (TPSA) is 118 Å². The zero-order chi connectivity index (χ0) is 33.8. The number of carbonyl (C=O) groups excluding carboxylic acids is 2. The van der Waals surface area contributed by atoms with Crippen LogP contribution in [0.4, 0.5) is 35.2 Å². The van der Waals surface area contributed by atoms with E-state index in [-0.39, 0.29) is 28.8 Å². The molecular weight excluding hydrogens is 629 g/mol. The predicted molar refractivity (Wildman–Crippen MR) is 175 cm³/mol. The van der Waals surface area contributed by atoms with Crippen LogP contribution < -0.4 is 16.0 Å². The molecule has 9 nitrogen and oxygen atoms in total. The molecule has 13 heteroatoms. The summed E-state index contributed by atoms with van der Waals surface area (Å²) in [6, 6.07) is 23.6. The molecule has 3 aromatic carbocycles. The Bertz CT molecular complexity index is 1900. The van der Waals surface area contributed by atoms with Gasteiger partial charge < -0.3 is 15.4 Å². The number of alkyl halides is 3. The molecule has 0 aliphatic carbocycles. The van der Waals surface area contributed by atoms with E-state index in [4.69, 9.17) is 4.74 Å². The smallest absolute Gasteiger partial charge is 0.433 e. The first-order valence-corrected chi connectivity index (χ1v) is 15.3. The molecule has 2 amide bonds.